The monoisotopic (exact) mass is 707 g/mol. The molecule has 0 aliphatic carbocycles. The van der Waals surface area contributed by atoms with Crippen LogP contribution in [-0.2, 0) is 32.2 Å². The van der Waals surface area contributed by atoms with Gasteiger partial charge in [-0.2, -0.15) is 17.9 Å². The number of hydrogen-bond donors (Lipinski definition) is 2. The summed E-state index contributed by atoms with van der Waals surface area (Å²) in [5.74, 6) is -2.09. The molecule has 13 heteroatoms. The van der Waals surface area contributed by atoms with Gasteiger partial charge < -0.3 is 30.0 Å². The van der Waals surface area contributed by atoms with E-state index in [9.17, 15) is 33.1 Å². The zero-order valence-corrected chi connectivity index (χ0v) is 27.7. The maximum absolute atomic E-state index is 13.0. The Morgan fingerprint density at radius 3 is 2.44 bits per heavy atom. The number of alkyl halides is 3. The molecule has 9 nitrogen and oxygen atoms in total. The molecule has 0 saturated carbocycles. The van der Waals surface area contributed by atoms with E-state index in [1.54, 1.807) is 12.1 Å². The minimum absolute atomic E-state index is 0.0640. The SMILES string of the molecule is O=C(NCc1cccc(-c2cccc([C@@H]3O[C@H](CSc4cccc[n+]4[O-])C[C@H](c4ccc(CO)cc4)O3)c2)c1)[C@@H]1CCCN1C(=O)C(F)(F)F. The van der Waals surface area contributed by atoms with E-state index in [4.69, 9.17) is 9.47 Å². The van der Waals surface area contributed by atoms with Gasteiger partial charge in [0.1, 0.15) is 6.04 Å². The van der Waals surface area contributed by atoms with E-state index in [1.165, 1.54) is 18.0 Å². The second-order valence-corrected chi connectivity index (χ2v) is 13.3. The van der Waals surface area contributed by atoms with Gasteiger partial charge in [0.05, 0.1) is 18.8 Å². The van der Waals surface area contributed by atoms with E-state index in [1.807, 2.05) is 78.9 Å². The standard InChI is InChI=1S/C37H36F3N3O6S/c38-37(39,40)36(46)42-16-5-10-31(42)34(45)41-21-25-6-3-7-27(18-25)28-8-4-9-29(19-28)35-48-30(23-50-33-11-1-2-17-43(33)47)20-32(49-35)26-14-12-24(22-44)13-15-26/h1-4,6-9,11-15,17-19,30-32,35,44H,5,10,16,20-23H2,(H,41,45)/t30-,31-,32+,35+/m0/s1. The van der Waals surface area contributed by atoms with E-state index >= 15 is 0 Å². The summed E-state index contributed by atoms with van der Waals surface area (Å²) in [7, 11) is 0. The fourth-order valence-corrected chi connectivity index (χ4v) is 7.14. The number of aromatic nitrogens is 1. The number of carbonyl (C=O) groups excluding carboxylic acids is 2. The minimum atomic E-state index is -5.03. The first-order chi connectivity index (χ1) is 24.1. The summed E-state index contributed by atoms with van der Waals surface area (Å²) in [4.78, 5) is 25.3. The predicted octanol–water partition coefficient (Wildman–Crippen LogP) is 5.99. The van der Waals surface area contributed by atoms with Crippen molar-refractivity contribution in [2.75, 3.05) is 12.3 Å². The second kappa shape index (κ2) is 15.6. The van der Waals surface area contributed by atoms with Gasteiger partial charge in [-0.25, -0.2) is 0 Å². The summed E-state index contributed by atoms with van der Waals surface area (Å²) < 4.78 is 52.9. The van der Waals surface area contributed by atoms with E-state index in [-0.39, 0.29) is 38.3 Å². The number of aliphatic hydroxyl groups is 1. The third-order valence-corrected chi connectivity index (χ3v) is 9.92. The maximum Gasteiger partial charge on any atom is 0.471 e. The summed E-state index contributed by atoms with van der Waals surface area (Å²) in [6.45, 7) is -0.0989. The molecular weight excluding hydrogens is 671 g/mol. The molecule has 2 aliphatic heterocycles. The van der Waals surface area contributed by atoms with Gasteiger partial charge in [0, 0.05) is 43.0 Å². The van der Waals surface area contributed by atoms with E-state index < -0.39 is 30.3 Å². The zero-order valence-electron chi connectivity index (χ0n) is 26.9. The number of thioether (sulfide) groups is 1. The number of halogens is 3. The molecule has 3 heterocycles. The molecule has 2 N–H and O–H groups in total. The van der Waals surface area contributed by atoms with E-state index in [0.29, 0.717) is 28.5 Å². The molecule has 2 fully saturated rings. The van der Waals surface area contributed by atoms with Crippen molar-refractivity contribution in [1.29, 1.82) is 0 Å². The number of nitrogens with one attached hydrogen (secondary N) is 1. The first-order valence-corrected chi connectivity index (χ1v) is 17.2. The van der Waals surface area contributed by atoms with Crippen LogP contribution >= 0.6 is 11.8 Å². The van der Waals surface area contributed by atoms with Gasteiger partial charge in [0.25, 0.3) is 5.03 Å². The van der Waals surface area contributed by atoms with Crippen LogP contribution in [0.4, 0.5) is 13.2 Å². The Morgan fingerprint density at radius 2 is 1.70 bits per heavy atom. The Kier molecular flexibility index (Phi) is 11.1. The zero-order chi connectivity index (χ0) is 35.3. The van der Waals surface area contributed by atoms with Gasteiger partial charge in [-0.3, -0.25) is 9.59 Å². The molecule has 6 rings (SSSR count). The molecule has 2 saturated heterocycles. The van der Waals surface area contributed by atoms with E-state index in [2.05, 4.69) is 5.32 Å². The summed E-state index contributed by atoms with van der Waals surface area (Å²) in [5, 5.41) is 25.0. The van der Waals surface area contributed by atoms with Crippen molar-refractivity contribution in [3.05, 3.63) is 125 Å². The molecule has 3 aromatic carbocycles. The molecule has 262 valence electrons. The molecule has 50 heavy (non-hydrogen) atoms. The molecule has 4 aromatic rings. The van der Waals surface area contributed by atoms with Crippen molar-refractivity contribution in [3.8, 4) is 11.1 Å². The van der Waals surface area contributed by atoms with Crippen molar-refractivity contribution in [2.24, 2.45) is 0 Å². The Bertz CT molecular complexity index is 1810. The maximum atomic E-state index is 13.0. The Balaban J connectivity index is 1.17. The van der Waals surface area contributed by atoms with E-state index in [0.717, 1.165) is 38.1 Å². The van der Waals surface area contributed by atoms with Crippen LogP contribution in [0.25, 0.3) is 11.1 Å². The van der Waals surface area contributed by atoms with Crippen molar-refractivity contribution in [1.82, 2.24) is 10.2 Å². The number of hydrogen-bond acceptors (Lipinski definition) is 7. The Morgan fingerprint density at radius 1 is 0.940 bits per heavy atom. The first-order valence-electron chi connectivity index (χ1n) is 16.3. The number of likely N-dealkylation sites (tertiary alicyclic amines) is 1. The lowest BCUT2D eigenvalue weighted by Gasteiger charge is -2.36. The third-order valence-electron chi connectivity index (χ3n) is 8.77. The van der Waals surface area contributed by atoms with Crippen LogP contribution in [0, 0.1) is 5.21 Å². The highest BCUT2D eigenvalue weighted by Crippen LogP contribution is 2.40. The second-order valence-electron chi connectivity index (χ2n) is 12.2. The van der Waals surface area contributed by atoms with Crippen LogP contribution in [0.5, 0.6) is 0 Å². The fourth-order valence-electron chi connectivity index (χ4n) is 6.20. The Labute approximate surface area is 291 Å². The highest BCUT2D eigenvalue weighted by Gasteiger charge is 2.47. The van der Waals surface area contributed by atoms with Gasteiger partial charge in [-0.05, 0) is 58.9 Å². The molecule has 0 radical (unpaired) electrons. The Hall–Kier alpha value is -4.43. The van der Waals surface area contributed by atoms with Crippen LogP contribution in [-0.4, -0.2) is 52.4 Å². The number of rotatable bonds is 10. The molecular formula is C37H36F3N3O6S. The normalized spacial score (nSPS) is 20.8. The molecule has 0 unspecified atom stereocenters. The smallest absolute Gasteiger partial charge is 0.471 e. The van der Waals surface area contributed by atoms with Gasteiger partial charge in [-0.1, -0.05) is 72.4 Å². The fraction of sp³-hybridized carbons (Fsp3) is 0.324. The summed E-state index contributed by atoms with van der Waals surface area (Å²) in [6.07, 6.45) is -3.80. The van der Waals surface area contributed by atoms with Crippen molar-refractivity contribution < 1.29 is 42.1 Å². The molecule has 1 aromatic heterocycles. The summed E-state index contributed by atoms with van der Waals surface area (Å²) in [6, 6.07) is 26.8. The number of benzene rings is 3. The quantitative estimate of drug-likeness (QED) is 0.118. The summed E-state index contributed by atoms with van der Waals surface area (Å²) >= 11 is 1.41. The molecule has 2 aliphatic rings. The minimum Gasteiger partial charge on any atom is -0.618 e. The molecule has 0 bridgehead atoms. The largest absolute Gasteiger partial charge is 0.618 e. The number of aliphatic hydroxyl groups excluding tert-OH is 1. The lowest BCUT2D eigenvalue weighted by atomic mass is 9.99. The number of amides is 2. The van der Waals surface area contributed by atoms with Gasteiger partial charge >= 0.3 is 12.1 Å². The highest BCUT2D eigenvalue weighted by atomic mass is 32.2. The lowest BCUT2D eigenvalue weighted by Crippen LogP contribution is -2.50. The third kappa shape index (κ3) is 8.47. The highest BCUT2D eigenvalue weighted by molar-refractivity contribution is 7.99. The van der Waals surface area contributed by atoms with Crippen LogP contribution in [0.3, 0.4) is 0 Å². The number of pyridine rings is 1. The van der Waals surface area contributed by atoms with Crippen LogP contribution < -0.4 is 10.0 Å². The molecule has 2 amide bonds. The number of ether oxygens (including phenoxy) is 2. The average molecular weight is 708 g/mol. The van der Waals surface area contributed by atoms with Crippen molar-refractivity contribution in [2.45, 2.75) is 68.2 Å². The van der Waals surface area contributed by atoms with Crippen LogP contribution in [0.1, 0.15) is 53.9 Å². The van der Waals surface area contributed by atoms with Crippen molar-refractivity contribution in [3.63, 3.8) is 0 Å². The first kappa shape index (κ1) is 35.4. The van der Waals surface area contributed by atoms with Gasteiger partial charge in [0.15, 0.2) is 12.5 Å². The predicted molar refractivity (Wildman–Crippen MR) is 179 cm³/mol. The summed E-state index contributed by atoms with van der Waals surface area (Å²) in [5.41, 5.74) is 4.95. The van der Waals surface area contributed by atoms with Gasteiger partial charge in [-0.15, -0.1) is 0 Å². The topological polar surface area (TPSA) is 115 Å². The van der Waals surface area contributed by atoms with Gasteiger partial charge in [0.2, 0.25) is 5.91 Å². The number of carbonyl (C=O) groups is 2. The van der Waals surface area contributed by atoms with Crippen LogP contribution in [0.2, 0.25) is 0 Å². The lowest BCUT2D eigenvalue weighted by molar-refractivity contribution is -0.645. The van der Waals surface area contributed by atoms with Crippen LogP contribution in [0.15, 0.2) is 102 Å². The van der Waals surface area contributed by atoms with Crippen molar-refractivity contribution >= 4 is 23.6 Å². The molecule has 4 atom stereocenters. The number of nitrogens with zero attached hydrogens (tertiary/aromatic N) is 2. The molecule has 0 spiro atoms. The average Bonchev–Trinajstić information content (AvgIpc) is 3.63.